The van der Waals surface area contributed by atoms with Crippen LogP contribution in [0.25, 0.3) is 11.1 Å². The summed E-state index contributed by atoms with van der Waals surface area (Å²) in [7, 11) is 1.33. The van der Waals surface area contributed by atoms with Crippen LogP contribution in [0.1, 0.15) is 29.8 Å². The molecule has 7 nitrogen and oxygen atoms in total. The SMILES string of the molecule is COC(=O)C1CCCC1C(=O)c1ccc(-c2ccc([N+](=O)[O-])cc2)cn1. The number of esters is 1. The molecule has 134 valence electrons. The average molecular weight is 354 g/mol. The highest BCUT2D eigenvalue weighted by atomic mass is 16.6. The lowest BCUT2D eigenvalue weighted by molar-refractivity contribution is -0.384. The number of ether oxygens (including phenoxy) is 1. The van der Waals surface area contributed by atoms with Crippen molar-refractivity contribution >= 4 is 17.4 Å². The lowest BCUT2D eigenvalue weighted by Gasteiger charge is -2.15. The van der Waals surface area contributed by atoms with E-state index in [4.69, 9.17) is 4.74 Å². The van der Waals surface area contributed by atoms with Gasteiger partial charge in [0.1, 0.15) is 5.69 Å². The molecular formula is C19H18N2O5. The minimum atomic E-state index is -0.455. The summed E-state index contributed by atoms with van der Waals surface area (Å²) in [6.45, 7) is 0. The van der Waals surface area contributed by atoms with Gasteiger partial charge >= 0.3 is 5.97 Å². The molecule has 0 N–H and O–H groups in total. The molecule has 0 spiro atoms. The molecule has 1 heterocycles. The molecule has 1 saturated carbocycles. The van der Waals surface area contributed by atoms with E-state index in [0.717, 1.165) is 17.5 Å². The molecule has 3 rings (SSSR count). The summed E-state index contributed by atoms with van der Waals surface area (Å²) < 4.78 is 4.79. The van der Waals surface area contributed by atoms with Crippen molar-refractivity contribution in [2.75, 3.05) is 7.11 Å². The van der Waals surface area contributed by atoms with E-state index < -0.39 is 10.8 Å². The van der Waals surface area contributed by atoms with Crippen molar-refractivity contribution in [3.8, 4) is 11.1 Å². The Kier molecular flexibility index (Phi) is 5.06. The number of rotatable bonds is 5. The fourth-order valence-corrected chi connectivity index (χ4v) is 3.38. The van der Waals surface area contributed by atoms with Crippen LogP contribution in [0, 0.1) is 22.0 Å². The largest absolute Gasteiger partial charge is 0.469 e. The van der Waals surface area contributed by atoms with E-state index in [1.807, 2.05) is 0 Å². The number of aromatic nitrogens is 1. The van der Waals surface area contributed by atoms with Crippen molar-refractivity contribution in [3.05, 3.63) is 58.4 Å². The van der Waals surface area contributed by atoms with Gasteiger partial charge in [-0.05, 0) is 36.6 Å². The van der Waals surface area contributed by atoms with Crippen molar-refractivity contribution in [1.82, 2.24) is 4.98 Å². The smallest absolute Gasteiger partial charge is 0.309 e. The molecule has 0 amide bonds. The van der Waals surface area contributed by atoms with Gasteiger partial charge in [-0.3, -0.25) is 24.7 Å². The van der Waals surface area contributed by atoms with E-state index >= 15 is 0 Å². The number of benzene rings is 1. The minimum absolute atomic E-state index is 0.0172. The first-order valence-corrected chi connectivity index (χ1v) is 8.34. The highest BCUT2D eigenvalue weighted by Crippen LogP contribution is 2.35. The van der Waals surface area contributed by atoms with Gasteiger partial charge in [0.25, 0.3) is 5.69 Å². The molecule has 2 aromatic rings. The Morgan fingerprint density at radius 2 is 1.73 bits per heavy atom. The van der Waals surface area contributed by atoms with Crippen LogP contribution >= 0.6 is 0 Å². The van der Waals surface area contributed by atoms with Gasteiger partial charge in [-0.15, -0.1) is 0 Å². The van der Waals surface area contributed by atoms with Crippen LogP contribution in [0.15, 0.2) is 42.6 Å². The predicted molar refractivity (Wildman–Crippen MR) is 93.5 cm³/mol. The summed E-state index contributed by atoms with van der Waals surface area (Å²) in [5.74, 6) is -1.28. The summed E-state index contributed by atoms with van der Waals surface area (Å²) >= 11 is 0. The lowest BCUT2D eigenvalue weighted by atomic mass is 9.90. The van der Waals surface area contributed by atoms with Crippen molar-refractivity contribution in [3.63, 3.8) is 0 Å². The summed E-state index contributed by atoms with van der Waals surface area (Å²) in [4.78, 5) is 39.0. The number of nitro benzene ring substituents is 1. The second-order valence-electron chi connectivity index (χ2n) is 6.27. The van der Waals surface area contributed by atoms with Crippen molar-refractivity contribution in [2.45, 2.75) is 19.3 Å². The van der Waals surface area contributed by atoms with E-state index in [-0.39, 0.29) is 23.4 Å². The number of nitro groups is 1. The third-order valence-corrected chi connectivity index (χ3v) is 4.78. The number of carbonyl (C=O) groups excluding carboxylic acids is 2. The number of pyridine rings is 1. The molecule has 1 aromatic heterocycles. The number of methoxy groups -OCH3 is 1. The summed E-state index contributed by atoms with van der Waals surface area (Å²) in [6, 6.07) is 9.51. The van der Waals surface area contributed by atoms with E-state index in [1.165, 1.54) is 19.2 Å². The standard InChI is InChI=1S/C19H18N2O5/c1-26-19(23)16-4-2-3-15(16)18(22)17-10-7-13(11-20-17)12-5-8-14(9-6-12)21(24)25/h5-11,15-16H,2-4H2,1H3. The van der Waals surface area contributed by atoms with Gasteiger partial charge in [0.05, 0.1) is 18.0 Å². The second kappa shape index (κ2) is 7.43. The van der Waals surface area contributed by atoms with Crippen molar-refractivity contribution in [1.29, 1.82) is 0 Å². The first-order valence-electron chi connectivity index (χ1n) is 8.34. The Labute approximate surface area is 150 Å². The van der Waals surface area contributed by atoms with Crippen molar-refractivity contribution in [2.24, 2.45) is 11.8 Å². The zero-order valence-electron chi connectivity index (χ0n) is 14.3. The van der Waals surface area contributed by atoms with Crippen molar-refractivity contribution < 1.29 is 19.2 Å². The lowest BCUT2D eigenvalue weighted by Crippen LogP contribution is -2.27. The third kappa shape index (κ3) is 3.46. The van der Waals surface area contributed by atoms with Gasteiger partial charge in [-0.2, -0.15) is 0 Å². The average Bonchev–Trinajstić information content (AvgIpc) is 3.17. The molecule has 0 radical (unpaired) electrons. The zero-order chi connectivity index (χ0) is 18.7. The van der Waals surface area contributed by atoms with Gasteiger partial charge in [0.15, 0.2) is 5.78 Å². The van der Waals surface area contributed by atoms with Crippen LogP contribution < -0.4 is 0 Å². The van der Waals surface area contributed by atoms with Crippen LogP contribution in [0.4, 0.5) is 5.69 Å². The number of hydrogen-bond donors (Lipinski definition) is 0. The Morgan fingerprint density at radius 3 is 2.31 bits per heavy atom. The Hall–Kier alpha value is -3.09. The number of nitrogens with zero attached hydrogens (tertiary/aromatic N) is 2. The molecule has 0 aliphatic heterocycles. The van der Waals surface area contributed by atoms with Crippen LogP contribution in [0.3, 0.4) is 0 Å². The highest BCUT2D eigenvalue weighted by Gasteiger charge is 2.39. The molecule has 0 saturated heterocycles. The maximum atomic E-state index is 12.7. The van der Waals surface area contributed by atoms with E-state index in [1.54, 1.807) is 30.5 Å². The van der Waals surface area contributed by atoms with Gasteiger partial charge in [-0.25, -0.2) is 0 Å². The number of carbonyl (C=O) groups is 2. The normalized spacial score (nSPS) is 19.1. The topological polar surface area (TPSA) is 99.4 Å². The summed E-state index contributed by atoms with van der Waals surface area (Å²) in [5.41, 5.74) is 1.86. The van der Waals surface area contributed by atoms with Crippen LogP contribution in [0.5, 0.6) is 0 Å². The first kappa shape index (κ1) is 17.7. The first-order chi connectivity index (χ1) is 12.5. The van der Waals surface area contributed by atoms with Crippen LogP contribution in [-0.2, 0) is 9.53 Å². The fourth-order valence-electron chi connectivity index (χ4n) is 3.38. The highest BCUT2D eigenvalue weighted by molar-refractivity contribution is 5.99. The molecule has 2 unspecified atom stereocenters. The summed E-state index contributed by atoms with van der Waals surface area (Å²) in [5, 5.41) is 10.7. The predicted octanol–water partition coefficient (Wildman–Crippen LogP) is 3.43. The molecule has 1 aromatic carbocycles. The molecular weight excluding hydrogens is 336 g/mol. The molecule has 7 heteroatoms. The number of ketones is 1. The Bertz CT molecular complexity index is 830. The number of hydrogen-bond acceptors (Lipinski definition) is 6. The number of non-ortho nitro benzene ring substituents is 1. The van der Waals surface area contributed by atoms with Gasteiger partial charge in [0.2, 0.25) is 0 Å². The molecule has 0 bridgehead atoms. The molecule has 2 atom stereocenters. The fraction of sp³-hybridized carbons (Fsp3) is 0.316. The molecule has 1 aliphatic carbocycles. The van der Waals surface area contributed by atoms with E-state index in [9.17, 15) is 19.7 Å². The zero-order valence-corrected chi connectivity index (χ0v) is 14.3. The Morgan fingerprint density at radius 1 is 1.08 bits per heavy atom. The van der Waals surface area contributed by atoms with Crippen LogP contribution in [-0.4, -0.2) is 28.8 Å². The Balaban J connectivity index is 1.77. The van der Waals surface area contributed by atoms with Gasteiger partial charge in [-0.1, -0.05) is 12.5 Å². The molecule has 1 aliphatic rings. The van der Waals surface area contributed by atoms with E-state index in [0.29, 0.717) is 18.5 Å². The number of Topliss-reactive ketones (excluding diaryl/α,β-unsaturated/α-hetero) is 1. The van der Waals surface area contributed by atoms with Crippen LogP contribution in [0.2, 0.25) is 0 Å². The molecule has 1 fully saturated rings. The second-order valence-corrected chi connectivity index (χ2v) is 6.27. The monoisotopic (exact) mass is 354 g/mol. The maximum absolute atomic E-state index is 12.7. The quantitative estimate of drug-likeness (QED) is 0.353. The molecule has 26 heavy (non-hydrogen) atoms. The minimum Gasteiger partial charge on any atom is -0.469 e. The summed E-state index contributed by atoms with van der Waals surface area (Å²) in [6.07, 6.45) is 3.70. The van der Waals surface area contributed by atoms with E-state index in [2.05, 4.69) is 4.98 Å². The van der Waals surface area contributed by atoms with Gasteiger partial charge in [0, 0.05) is 29.8 Å². The van der Waals surface area contributed by atoms with Gasteiger partial charge < -0.3 is 4.74 Å². The maximum Gasteiger partial charge on any atom is 0.309 e. The third-order valence-electron chi connectivity index (χ3n) is 4.78.